The van der Waals surface area contributed by atoms with Gasteiger partial charge < -0.3 is 49.4 Å². The van der Waals surface area contributed by atoms with E-state index in [0.29, 0.717) is 0 Å². The molecule has 0 aromatic carbocycles. The zero-order valence-electron chi connectivity index (χ0n) is 12.2. The molecule has 0 bridgehead atoms. The molecule has 0 radical (unpaired) electrons. The van der Waals surface area contributed by atoms with Crippen LogP contribution in [0.3, 0.4) is 0 Å². The first-order valence-corrected chi connectivity index (χ1v) is 5.67. The molecule has 0 fully saturated rings. The van der Waals surface area contributed by atoms with Crippen LogP contribution in [0.15, 0.2) is 0 Å². The fourth-order valence-corrected chi connectivity index (χ4v) is 1.65. The van der Waals surface area contributed by atoms with Crippen molar-refractivity contribution >= 4 is 72.8 Å². The molecule has 12 heteroatoms. The van der Waals surface area contributed by atoms with Crippen molar-refractivity contribution in [2.75, 3.05) is 39.3 Å². The zero-order chi connectivity index (χ0) is 15.7. The molecule has 0 saturated carbocycles. The van der Waals surface area contributed by atoms with Crippen LogP contribution in [0, 0.1) is 0 Å². The van der Waals surface area contributed by atoms with Gasteiger partial charge in [-0.2, -0.15) is 0 Å². The fourth-order valence-electron chi connectivity index (χ4n) is 1.65. The van der Waals surface area contributed by atoms with Gasteiger partial charge in [-0.3, -0.25) is 0 Å². The van der Waals surface area contributed by atoms with Crippen LogP contribution >= 0.6 is 0 Å². The summed E-state index contributed by atoms with van der Waals surface area (Å²) in [6.45, 7) is -2.62. The molecule has 0 heterocycles. The van der Waals surface area contributed by atoms with Crippen LogP contribution in [0.1, 0.15) is 0 Å². The maximum absolute atomic E-state index is 10.4. The number of hydrogen-bond acceptors (Lipinski definition) is 8. The molecule has 22 heavy (non-hydrogen) atoms. The molecule has 0 aliphatic heterocycles. The van der Waals surface area contributed by atoms with Crippen molar-refractivity contribution < 1.29 is 79.0 Å². The maximum atomic E-state index is 10.4. The minimum Gasteiger partial charge on any atom is -0.544 e. The van der Waals surface area contributed by atoms with Gasteiger partial charge in [0, 0.05) is 0 Å². The van der Waals surface area contributed by atoms with Crippen LogP contribution in [0.5, 0.6) is 0 Å². The van der Waals surface area contributed by atoms with Crippen LogP contribution in [-0.2, 0) is 19.2 Å². The average molecular weight is 451 g/mol. The second-order valence-corrected chi connectivity index (χ2v) is 4.20. The third-order valence-corrected chi connectivity index (χ3v) is 2.41. The molecular formula is C10H14BaN2NaO8+. The van der Waals surface area contributed by atoms with E-state index in [9.17, 15) is 39.6 Å². The topological polar surface area (TPSA) is 169 Å². The van der Waals surface area contributed by atoms with Crippen LogP contribution in [0.25, 0.3) is 0 Å². The van der Waals surface area contributed by atoms with Gasteiger partial charge in [0.1, 0.15) is 39.3 Å². The Bertz CT molecular complexity index is 327. The molecule has 0 aromatic heterocycles. The van der Waals surface area contributed by atoms with Gasteiger partial charge >= 0.3 is 78.4 Å². The van der Waals surface area contributed by atoms with Crippen LogP contribution in [0.2, 0.25) is 0 Å². The summed E-state index contributed by atoms with van der Waals surface area (Å²) in [5, 5.41) is 41.7. The Kier molecular flexibility index (Phi) is 18.5. The van der Waals surface area contributed by atoms with Gasteiger partial charge in [-0.25, -0.2) is 0 Å². The number of carboxylic acid groups (broad SMARTS) is 4. The predicted octanol–water partition coefficient (Wildman–Crippen LogP) is -13.6. The van der Waals surface area contributed by atoms with Gasteiger partial charge in [-0.05, 0) is 0 Å². The summed E-state index contributed by atoms with van der Waals surface area (Å²) in [5.41, 5.74) is 0. The summed E-state index contributed by atoms with van der Waals surface area (Å²) < 4.78 is 0. The SMILES string of the molecule is O=C([O-])C[NH+](CC[NH+](CC(=O)[O-])CC(=O)[O-])CC(=O)[O-].[Ba+2].[Na+]. The summed E-state index contributed by atoms with van der Waals surface area (Å²) in [4.78, 5) is 41.8. The van der Waals surface area contributed by atoms with E-state index < -0.39 is 50.1 Å². The molecule has 114 valence electrons. The minimum absolute atomic E-state index is 0. The largest absolute Gasteiger partial charge is 2.00 e. The maximum Gasteiger partial charge on any atom is 2.00 e. The fraction of sp³-hybridized carbons (Fsp3) is 0.600. The third kappa shape index (κ3) is 16.7. The number of nitrogens with one attached hydrogen (secondary N) is 2. The van der Waals surface area contributed by atoms with Crippen molar-refractivity contribution in [1.82, 2.24) is 0 Å². The quantitative estimate of drug-likeness (QED) is 0.292. The number of aliphatic carboxylic acids is 4. The van der Waals surface area contributed by atoms with Crippen LogP contribution in [0.4, 0.5) is 0 Å². The van der Waals surface area contributed by atoms with Gasteiger partial charge in [0.15, 0.2) is 0 Å². The van der Waals surface area contributed by atoms with E-state index in [4.69, 9.17) is 0 Å². The Balaban J connectivity index is -0.00000180. The summed E-state index contributed by atoms with van der Waals surface area (Å²) in [6.07, 6.45) is 0. The molecule has 0 aromatic rings. The number of carbonyl (C=O) groups is 4. The molecule has 0 aliphatic carbocycles. The van der Waals surface area contributed by atoms with E-state index in [2.05, 4.69) is 0 Å². The van der Waals surface area contributed by atoms with E-state index in [1.165, 1.54) is 0 Å². The Morgan fingerprint density at radius 1 is 0.591 bits per heavy atom. The summed E-state index contributed by atoms with van der Waals surface area (Å²) in [5.74, 6) is -5.93. The minimum atomic E-state index is -1.48. The third-order valence-electron chi connectivity index (χ3n) is 2.41. The molecule has 10 nitrogen and oxygen atoms in total. The summed E-state index contributed by atoms with van der Waals surface area (Å²) in [7, 11) is 0. The van der Waals surface area contributed by atoms with Crippen LogP contribution in [-0.4, -0.2) is 112 Å². The first-order chi connectivity index (χ1) is 9.20. The number of rotatable bonds is 11. The average Bonchev–Trinajstić information content (AvgIpc) is 2.22. The van der Waals surface area contributed by atoms with Crippen molar-refractivity contribution in [2.24, 2.45) is 0 Å². The van der Waals surface area contributed by atoms with Gasteiger partial charge in [0.25, 0.3) is 0 Å². The normalized spacial score (nSPS) is 9.73. The summed E-state index contributed by atoms with van der Waals surface area (Å²) >= 11 is 0. The van der Waals surface area contributed by atoms with Gasteiger partial charge in [-0.1, -0.05) is 0 Å². The number of carbonyl (C=O) groups excluding carboxylic acids is 4. The standard InChI is InChI=1S/C10H16N2O8.Ba.Na/c13-7(14)3-11(4-8(15)16)1-2-12(5-9(17)18)6-10(19)20;;/h1-6H2,(H,13,14)(H,15,16)(H,17,18)(H,19,20);;/q;+2;+1/p-2. The predicted molar refractivity (Wildman–Crippen MR) is 56.9 cm³/mol. The van der Waals surface area contributed by atoms with E-state index in [1.54, 1.807) is 0 Å². The van der Waals surface area contributed by atoms with E-state index in [0.717, 1.165) is 0 Å². The van der Waals surface area contributed by atoms with Gasteiger partial charge in [-0.15, -0.1) is 0 Å². The van der Waals surface area contributed by atoms with E-state index in [1.807, 2.05) is 0 Å². The molecule has 0 amide bonds. The molecule has 0 spiro atoms. The second kappa shape index (κ2) is 14.9. The zero-order valence-corrected chi connectivity index (χ0v) is 18.7. The second-order valence-electron chi connectivity index (χ2n) is 4.20. The van der Waals surface area contributed by atoms with E-state index >= 15 is 0 Å². The molecular weight excluding hydrogens is 436 g/mol. The molecule has 0 saturated heterocycles. The van der Waals surface area contributed by atoms with Gasteiger partial charge in [0.05, 0.1) is 23.9 Å². The molecule has 0 rings (SSSR count). The monoisotopic (exact) mass is 451 g/mol. The van der Waals surface area contributed by atoms with Crippen molar-refractivity contribution in [3.8, 4) is 0 Å². The number of quaternary nitrogens is 2. The molecule has 2 N–H and O–H groups in total. The Morgan fingerprint density at radius 2 is 0.773 bits per heavy atom. The first-order valence-electron chi connectivity index (χ1n) is 5.67. The van der Waals surface area contributed by atoms with Crippen molar-refractivity contribution in [3.05, 3.63) is 0 Å². The van der Waals surface area contributed by atoms with Crippen molar-refractivity contribution in [2.45, 2.75) is 0 Å². The van der Waals surface area contributed by atoms with E-state index in [-0.39, 0.29) is 101 Å². The molecule has 0 aliphatic rings. The van der Waals surface area contributed by atoms with Gasteiger partial charge in [0.2, 0.25) is 0 Å². The van der Waals surface area contributed by atoms with Crippen LogP contribution < -0.4 is 59.8 Å². The smallest absolute Gasteiger partial charge is 0.544 e. The number of hydrogen-bond donors (Lipinski definition) is 2. The Labute approximate surface area is 188 Å². The van der Waals surface area contributed by atoms with Crippen molar-refractivity contribution in [1.29, 1.82) is 0 Å². The molecule has 0 atom stereocenters. The first kappa shape index (κ1) is 27.2. The Hall–Kier alpha value is 0.371. The number of carboxylic acids is 4. The molecule has 0 unspecified atom stereocenters. The summed E-state index contributed by atoms with van der Waals surface area (Å²) in [6, 6.07) is 0. The Morgan fingerprint density at radius 3 is 0.909 bits per heavy atom. The van der Waals surface area contributed by atoms with Crippen molar-refractivity contribution in [3.63, 3.8) is 0 Å².